The van der Waals surface area contributed by atoms with Crippen molar-refractivity contribution in [3.8, 4) is 0 Å². The van der Waals surface area contributed by atoms with E-state index in [1.54, 1.807) is 11.3 Å². The van der Waals surface area contributed by atoms with Crippen LogP contribution in [-0.4, -0.2) is 47.0 Å². The Morgan fingerprint density at radius 2 is 2.04 bits per heavy atom. The molecule has 4 rings (SSSR count). The van der Waals surface area contributed by atoms with Crippen molar-refractivity contribution < 1.29 is 4.79 Å². The van der Waals surface area contributed by atoms with E-state index in [4.69, 9.17) is 4.98 Å². The van der Waals surface area contributed by atoms with Crippen molar-refractivity contribution in [3.63, 3.8) is 0 Å². The van der Waals surface area contributed by atoms with Crippen molar-refractivity contribution in [2.24, 2.45) is 5.41 Å². The fourth-order valence-electron chi connectivity index (χ4n) is 4.46. The molecule has 7 heteroatoms. The summed E-state index contributed by atoms with van der Waals surface area (Å²) in [6.07, 6.45) is 6.34. The summed E-state index contributed by atoms with van der Waals surface area (Å²) in [7, 11) is 0. The third kappa shape index (κ3) is 3.99. The molecule has 4 heterocycles. The molecule has 1 atom stereocenters. The molecule has 144 valence electrons. The normalized spacial score (nSPS) is 22.7. The van der Waals surface area contributed by atoms with E-state index in [2.05, 4.69) is 40.0 Å². The summed E-state index contributed by atoms with van der Waals surface area (Å²) < 4.78 is 0. The molecular weight excluding hydrogens is 358 g/mol. The number of aromatic nitrogens is 2. The minimum atomic E-state index is -0.0675. The van der Waals surface area contributed by atoms with Crippen LogP contribution < -0.4 is 10.2 Å². The zero-order valence-corrected chi connectivity index (χ0v) is 17.1. The van der Waals surface area contributed by atoms with Crippen LogP contribution in [0.25, 0.3) is 0 Å². The lowest BCUT2D eigenvalue weighted by Crippen LogP contribution is -2.31. The summed E-state index contributed by atoms with van der Waals surface area (Å²) in [6.45, 7) is 11.1. The van der Waals surface area contributed by atoms with Gasteiger partial charge in [-0.3, -0.25) is 9.69 Å². The maximum absolute atomic E-state index is 11.2. The predicted molar refractivity (Wildman–Crippen MR) is 109 cm³/mol. The smallest absolute Gasteiger partial charge is 0.223 e. The second-order valence-electron chi connectivity index (χ2n) is 8.10. The molecule has 27 heavy (non-hydrogen) atoms. The van der Waals surface area contributed by atoms with Gasteiger partial charge in [0.25, 0.3) is 0 Å². The number of carbonyl (C=O) groups is 1. The van der Waals surface area contributed by atoms with Crippen molar-refractivity contribution in [1.82, 2.24) is 14.9 Å². The monoisotopic (exact) mass is 385 g/mol. The Bertz CT molecular complexity index is 851. The molecule has 0 radical (unpaired) electrons. The molecule has 0 aliphatic carbocycles. The Kier molecular flexibility index (Phi) is 4.90. The Balaban J connectivity index is 1.38. The van der Waals surface area contributed by atoms with Gasteiger partial charge in [-0.15, -0.1) is 11.3 Å². The van der Waals surface area contributed by atoms with Gasteiger partial charge >= 0.3 is 0 Å². The summed E-state index contributed by atoms with van der Waals surface area (Å²) in [4.78, 5) is 26.4. The third-order valence-electron chi connectivity index (χ3n) is 5.66. The molecule has 0 bridgehead atoms. The molecular formula is C20H27N5OS. The van der Waals surface area contributed by atoms with Gasteiger partial charge < -0.3 is 10.2 Å². The maximum Gasteiger partial charge on any atom is 0.223 e. The molecule has 1 unspecified atom stereocenters. The van der Waals surface area contributed by atoms with Gasteiger partial charge in [0.1, 0.15) is 5.82 Å². The van der Waals surface area contributed by atoms with E-state index in [0.29, 0.717) is 10.5 Å². The first kappa shape index (κ1) is 18.4. The molecule has 2 aromatic rings. The number of amides is 1. The summed E-state index contributed by atoms with van der Waals surface area (Å²) in [6, 6.07) is 2.23. The summed E-state index contributed by atoms with van der Waals surface area (Å²) >= 11 is 1.57. The highest BCUT2D eigenvalue weighted by Crippen LogP contribution is 2.42. The van der Waals surface area contributed by atoms with E-state index < -0.39 is 0 Å². The van der Waals surface area contributed by atoms with Crippen LogP contribution in [0.2, 0.25) is 0 Å². The number of likely N-dealkylation sites (tertiary alicyclic amines) is 1. The van der Waals surface area contributed by atoms with Gasteiger partial charge in [-0.1, -0.05) is 6.07 Å². The number of pyridine rings is 1. The van der Waals surface area contributed by atoms with Crippen LogP contribution in [0.15, 0.2) is 18.5 Å². The molecule has 1 amide bonds. The van der Waals surface area contributed by atoms with Gasteiger partial charge in [0.05, 0.1) is 0 Å². The molecule has 1 N–H and O–H groups in total. The van der Waals surface area contributed by atoms with Gasteiger partial charge in [0, 0.05) is 55.8 Å². The average Bonchev–Trinajstić information content (AvgIpc) is 3.30. The fraction of sp³-hybridized carbons (Fsp3) is 0.550. The quantitative estimate of drug-likeness (QED) is 0.876. The number of hydrogen-bond acceptors (Lipinski definition) is 6. The molecule has 2 aliphatic rings. The number of anilines is 2. The fourth-order valence-corrected chi connectivity index (χ4v) is 5.36. The van der Waals surface area contributed by atoms with Crippen molar-refractivity contribution in [3.05, 3.63) is 34.5 Å². The van der Waals surface area contributed by atoms with Crippen LogP contribution in [0.3, 0.4) is 0 Å². The molecule has 0 aromatic carbocycles. The van der Waals surface area contributed by atoms with Gasteiger partial charge in [-0.25, -0.2) is 9.97 Å². The van der Waals surface area contributed by atoms with E-state index in [9.17, 15) is 4.79 Å². The van der Waals surface area contributed by atoms with Gasteiger partial charge in [0.15, 0.2) is 5.13 Å². The van der Waals surface area contributed by atoms with E-state index in [-0.39, 0.29) is 5.91 Å². The third-order valence-corrected chi connectivity index (χ3v) is 6.56. The van der Waals surface area contributed by atoms with Crippen LogP contribution in [-0.2, 0) is 11.3 Å². The Morgan fingerprint density at radius 3 is 2.81 bits per heavy atom. The first-order valence-corrected chi connectivity index (χ1v) is 10.4. The zero-order chi connectivity index (χ0) is 19.0. The molecule has 0 saturated carbocycles. The van der Waals surface area contributed by atoms with Crippen molar-refractivity contribution >= 4 is 28.2 Å². The molecule has 2 saturated heterocycles. The lowest BCUT2D eigenvalue weighted by Gasteiger charge is -2.26. The first-order valence-electron chi connectivity index (χ1n) is 9.55. The first-order chi connectivity index (χ1) is 12.9. The zero-order valence-electron chi connectivity index (χ0n) is 16.3. The second-order valence-corrected chi connectivity index (χ2v) is 9.21. The van der Waals surface area contributed by atoms with Gasteiger partial charge in [-0.05, 0) is 44.4 Å². The predicted octanol–water partition coefficient (Wildman–Crippen LogP) is 3.22. The topological polar surface area (TPSA) is 61.4 Å². The molecule has 2 fully saturated rings. The summed E-state index contributed by atoms with van der Waals surface area (Å²) in [5.41, 5.74) is 2.88. The van der Waals surface area contributed by atoms with Crippen LogP contribution >= 0.6 is 11.3 Å². The van der Waals surface area contributed by atoms with Crippen LogP contribution in [0.1, 0.15) is 35.8 Å². The number of rotatable bonds is 4. The Hall–Kier alpha value is -1.99. The number of nitrogens with zero attached hydrogens (tertiary/aromatic N) is 4. The van der Waals surface area contributed by atoms with E-state index in [1.165, 1.54) is 35.8 Å². The number of carbonyl (C=O) groups excluding carboxylic acids is 1. The maximum atomic E-state index is 11.2. The summed E-state index contributed by atoms with van der Waals surface area (Å²) in [5.74, 6) is 1.08. The molecule has 6 nitrogen and oxygen atoms in total. The van der Waals surface area contributed by atoms with Crippen molar-refractivity contribution in [2.45, 2.75) is 40.2 Å². The van der Waals surface area contributed by atoms with Crippen molar-refractivity contribution in [2.75, 3.05) is 36.4 Å². The number of hydrogen-bond donors (Lipinski definition) is 1. The minimum absolute atomic E-state index is 0.0675. The highest BCUT2D eigenvalue weighted by Gasteiger charge is 2.43. The van der Waals surface area contributed by atoms with Gasteiger partial charge in [0.2, 0.25) is 5.91 Å². The Morgan fingerprint density at radius 1 is 1.22 bits per heavy atom. The van der Waals surface area contributed by atoms with Gasteiger partial charge in [-0.2, -0.15) is 0 Å². The van der Waals surface area contributed by atoms with Crippen molar-refractivity contribution in [1.29, 1.82) is 0 Å². The minimum Gasteiger partial charge on any atom is -0.356 e. The van der Waals surface area contributed by atoms with Crippen LogP contribution in [0, 0.1) is 19.3 Å². The second kappa shape index (κ2) is 7.20. The summed E-state index contributed by atoms with van der Waals surface area (Å²) in [5, 5.41) is 3.46. The standard InChI is InChI=1S/C20H27N5OS/c1-14-8-15(2)18(21-9-14)25-7-5-20(13-25)4-6-24(12-20)11-17-10-22-19(27-17)23-16(3)26/h8-10H,4-7,11-13H2,1-3H3,(H,22,23,26). The highest BCUT2D eigenvalue weighted by atomic mass is 32.1. The number of thiazole rings is 1. The average molecular weight is 386 g/mol. The molecule has 2 aromatic heterocycles. The molecule has 1 spiro atoms. The molecule has 2 aliphatic heterocycles. The van der Waals surface area contributed by atoms with Crippen LogP contribution in [0.5, 0.6) is 0 Å². The van der Waals surface area contributed by atoms with Crippen LogP contribution in [0.4, 0.5) is 10.9 Å². The lowest BCUT2D eigenvalue weighted by atomic mass is 9.86. The lowest BCUT2D eigenvalue weighted by molar-refractivity contribution is -0.114. The number of aryl methyl sites for hydroxylation is 2. The largest absolute Gasteiger partial charge is 0.356 e. The SMILES string of the molecule is CC(=O)Nc1ncc(CN2CCC3(CCN(c4ncc(C)cc4C)C3)C2)s1. The van der Waals surface area contributed by atoms with E-state index in [0.717, 1.165) is 38.5 Å². The number of nitrogens with one attached hydrogen (secondary N) is 1. The highest BCUT2D eigenvalue weighted by molar-refractivity contribution is 7.15. The van der Waals surface area contributed by atoms with E-state index >= 15 is 0 Å². The Labute approximate surface area is 164 Å². The van der Waals surface area contributed by atoms with E-state index in [1.807, 2.05) is 12.4 Å².